The van der Waals surface area contributed by atoms with E-state index in [1.165, 1.54) is 22.3 Å². The highest BCUT2D eigenvalue weighted by Gasteiger charge is 2.15. The van der Waals surface area contributed by atoms with Gasteiger partial charge in [-0.2, -0.15) is 0 Å². The second-order valence-corrected chi connectivity index (χ2v) is 5.56. The van der Waals surface area contributed by atoms with Gasteiger partial charge in [0.15, 0.2) is 0 Å². The number of hydrogen-bond donors (Lipinski definition) is 3. The first-order chi connectivity index (χ1) is 9.99. The minimum atomic E-state index is -0.436. The number of aryl methyl sites for hydroxylation is 2. The van der Waals surface area contributed by atoms with E-state index in [9.17, 15) is 5.11 Å². The van der Waals surface area contributed by atoms with Gasteiger partial charge >= 0.3 is 0 Å². The molecule has 0 saturated heterocycles. The predicted molar refractivity (Wildman–Crippen MR) is 85.7 cm³/mol. The lowest BCUT2D eigenvalue weighted by Gasteiger charge is -2.20. The van der Waals surface area contributed by atoms with Crippen LogP contribution in [-0.2, 0) is 4.74 Å². The molecule has 1 unspecified atom stereocenters. The van der Waals surface area contributed by atoms with E-state index in [-0.39, 0.29) is 6.61 Å². The second kappa shape index (κ2) is 9.15. The molecule has 0 fully saturated rings. The van der Waals surface area contributed by atoms with Crippen molar-refractivity contribution < 1.29 is 14.9 Å². The predicted octanol–water partition coefficient (Wildman–Crippen LogP) is 1.94. The zero-order valence-corrected chi connectivity index (χ0v) is 13.7. The molecule has 0 amide bonds. The lowest BCUT2D eigenvalue weighted by Crippen LogP contribution is -2.23. The molecule has 0 heterocycles. The molecule has 0 aliphatic heterocycles. The topological polar surface area (TPSA) is 61.7 Å². The van der Waals surface area contributed by atoms with Gasteiger partial charge in [-0.05, 0) is 68.5 Å². The molecule has 3 N–H and O–H groups in total. The Morgan fingerprint density at radius 1 is 1.05 bits per heavy atom. The van der Waals surface area contributed by atoms with Crippen molar-refractivity contribution in [1.29, 1.82) is 0 Å². The average Bonchev–Trinajstić information content (AvgIpc) is 2.44. The van der Waals surface area contributed by atoms with Crippen molar-refractivity contribution in [2.75, 3.05) is 32.9 Å². The Bertz CT molecular complexity index is 420. The maximum atomic E-state index is 10.5. The van der Waals surface area contributed by atoms with Gasteiger partial charge in [-0.1, -0.05) is 6.07 Å². The monoisotopic (exact) mass is 295 g/mol. The average molecular weight is 295 g/mol. The molecule has 0 radical (unpaired) electrons. The van der Waals surface area contributed by atoms with E-state index >= 15 is 0 Å². The summed E-state index contributed by atoms with van der Waals surface area (Å²) >= 11 is 0. The smallest absolute Gasteiger partial charge is 0.0807 e. The van der Waals surface area contributed by atoms with E-state index in [0.29, 0.717) is 19.6 Å². The summed E-state index contributed by atoms with van der Waals surface area (Å²) < 4.78 is 5.17. The molecule has 1 aromatic carbocycles. The van der Waals surface area contributed by atoms with Crippen LogP contribution in [-0.4, -0.2) is 43.1 Å². The third-order valence-corrected chi connectivity index (χ3v) is 4.01. The van der Waals surface area contributed by atoms with Crippen molar-refractivity contribution in [3.63, 3.8) is 0 Å². The standard InChI is InChI=1S/C17H29NO3/c1-12-11-13(2)15(4)17(14(12)3)16(20)5-6-18-7-9-21-10-8-19/h11,16,18-20H,5-10H2,1-4H3. The van der Waals surface area contributed by atoms with Crippen LogP contribution in [0.5, 0.6) is 0 Å². The van der Waals surface area contributed by atoms with Crippen molar-refractivity contribution >= 4 is 0 Å². The number of aliphatic hydroxyl groups is 2. The Morgan fingerprint density at radius 3 is 2.24 bits per heavy atom. The second-order valence-electron chi connectivity index (χ2n) is 5.56. The van der Waals surface area contributed by atoms with Crippen LogP contribution in [0.25, 0.3) is 0 Å². The molecule has 4 heteroatoms. The largest absolute Gasteiger partial charge is 0.394 e. The number of rotatable bonds is 9. The van der Waals surface area contributed by atoms with Crippen molar-refractivity contribution in [2.24, 2.45) is 0 Å². The van der Waals surface area contributed by atoms with Gasteiger partial charge in [-0.3, -0.25) is 0 Å². The molecule has 0 saturated carbocycles. The lowest BCUT2D eigenvalue weighted by molar-refractivity contribution is 0.0930. The van der Waals surface area contributed by atoms with E-state index in [4.69, 9.17) is 9.84 Å². The Hall–Kier alpha value is -0.940. The number of hydrogen-bond acceptors (Lipinski definition) is 4. The quantitative estimate of drug-likeness (QED) is 0.609. The van der Waals surface area contributed by atoms with Gasteiger partial charge in [0.05, 0.1) is 25.9 Å². The highest BCUT2D eigenvalue weighted by Crippen LogP contribution is 2.28. The summed E-state index contributed by atoms with van der Waals surface area (Å²) in [7, 11) is 0. The van der Waals surface area contributed by atoms with Gasteiger partial charge in [0.1, 0.15) is 0 Å². The summed E-state index contributed by atoms with van der Waals surface area (Å²) in [6, 6.07) is 2.18. The molecule has 0 aliphatic rings. The Kier molecular flexibility index (Phi) is 7.89. The number of ether oxygens (including phenoxy) is 1. The van der Waals surface area contributed by atoms with Crippen LogP contribution < -0.4 is 5.32 Å². The first-order valence-corrected chi connectivity index (χ1v) is 7.63. The molecule has 21 heavy (non-hydrogen) atoms. The number of benzene rings is 1. The maximum Gasteiger partial charge on any atom is 0.0807 e. The Balaban J connectivity index is 2.47. The van der Waals surface area contributed by atoms with E-state index in [2.05, 4.69) is 39.1 Å². The molecule has 0 spiro atoms. The third kappa shape index (κ3) is 5.40. The van der Waals surface area contributed by atoms with Gasteiger partial charge in [0.25, 0.3) is 0 Å². The summed E-state index contributed by atoms with van der Waals surface area (Å²) in [6.45, 7) is 10.8. The summed E-state index contributed by atoms with van der Waals surface area (Å²) in [4.78, 5) is 0. The van der Waals surface area contributed by atoms with Crippen molar-refractivity contribution in [2.45, 2.75) is 40.2 Å². The van der Waals surface area contributed by atoms with Crippen LogP contribution >= 0.6 is 0 Å². The molecule has 0 bridgehead atoms. The maximum absolute atomic E-state index is 10.5. The van der Waals surface area contributed by atoms with Gasteiger partial charge in [0, 0.05) is 6.54 Å². The lowest BCUT2D eigenvalue weighted by atomic mass is 9.90. The van der Waals surface area contributed by atoms with Crippen LogP contribution in [0.15, 0.2) is 6.07 Å². The van der Waals surface area contributed by atoms with Gasteiger partial charge < -0.3 is 20.3 Å². The van der Waals surface area contributed by atoms with E-state index < -0.39 is 6.10 Å². The van der Waals surface area contributed by atoms with Crippen molar-refractivity contribution in [3.05, 3.63) is 33.9 Å². The van der Waals surface area contributed by atoms with E-state index in [1.807, 2.05) is 0 Å². The molecule has 1 rings (SSSR count). The molecule has 4 nitrogen and oxygen atoms in total. The Morgan fingerprint density at radius 2 is 1.67 bits per heavy atom. The minimum Gasteiger partial charge on any atom is -0.394 e. The fraction of sp³-hybridized carbons (Fsp3) is 0.647. The summed E-state index contributed by atoms with van der Waals surface area (Å²) in [5.74, 6) is 0. The van der Waals surface area contributed by atoms with Crippen LogP contribution in [0.4, 0.5) is 0 Å². The van der Waals surface area contributed by atoms with Crippen LogP contribution in [0.3, 0.4) is 0 Å². The van der Waals surface area contributed by atoms with Crippen molar-refractivity contribution in [3.8, 4) is 0 Å². The molecule has 0 aliphatic carbocycles. The van der Waals surface area contributed by atoms with E-state index in [0.717, 1.165) is 18.7 Å². The molecule has 0 aromatic heterocycles. The van der Waals surface area contributed by atoms with E-state index in [1.54, 1.807) is 0 Å². The fourth-order valence-electron chi connectivity index (χ4n) is 2.57. The highest BCUT2D eigenvalue weighted by molar-refractivity contribution is 5.45. The Labute approximate surface area is 128 Å². The van der Waals surface area contributed by atoms with Gasteiger partial charge in [0.2, 0.25) is 0 Å². The zero-order chi connectivity index (χ0) is 15.8. The molecule has 1 atom stereocenters. The fourth-order valence-corrected chi connectivity index (χ4v) is 2.57. The summed E-state index contributed by atoms with van der Waals surface area (Å²) in [5.41, 5.74) is 5.93. The number of nitrogens with one attached hydrogen (secondary N) is 1. The highest BCUT2D eigenvalue weighted by atomic mass is 16.5. The summed E-state index contributed by atoms with van der Waals surface area (Å²) in [6.07, 6.45) is 0.249. The zero-order valence-electron chi connectivity index (χ0n) is 13.7. The first kappa shape index (κ1) is 18.1. The molecule has 120 valence electrons. The van der Waals surface area contributed by atoms with Gasteiger partial charge in [-0.15, -0.1) is 0 Å². The minimum absolute atomic E-state index is 0.0595. The number of aliphatic hydroxyl groups excluding tert-OH is 2. The normalized spacial score (nSPS) is 12.7. The summed E-state index contributed by atoms with van der Waals surface area (Å²) in [5, 5.41) is 22.3. The van der Waals surface area contributed by atoms with Crippen LogP contribution in [0.1, 0.15) is 40.3 Å². The molecular weight excluding hydrogens is 266 g/mol. The third-order valence-electron chi connectivity index (χ3n) is 4.01. The van der Waals surface area contributed by atoms with Crippen LogP contribution in [0.2, 0.25) is 0 Å². The SMILES string of the molecule is Cc1cc(C)c(C)c(C(O)CCNCCOCCO)c1C. The van der Waals surface area contributed by atoms with Gasteiger partial charge in [-0.25, -0.2) is 0 Å². The van der Waals surface area contributed by atoms with Crippen LogP contribution in [0, 0.1) is 27.7 Å². The first-order valence-electron chi connectivity index (χ1n) is 7.63. The molecular formula is C17H29NO3. The molecule has 1 aromatic rings. The van der Waals surface area contributed by atoms with Crippen molar-refractivity contribution in [1.82, 2.24) is 5.32 Å².